The van der Waals surface area contributed by atoms with E-state index in [2.05, 4.69) is 4.98 Å². The Bertz CT molecular complexity index is 699. The Morgan fingerprint density at radius 2 is 2.07 bits per heavy atom. The van der Waals surface area contributed by atoms with Gasteiger partial charge in [-0.1, -0.05) is 13.8 Å². The van der Waals surface area contributed by atoms with Gasteiger partial charge in [0.15, 0.2) is 12.3 Å². The first-order chi connectivity index (χ1) is 11.6. The Hall–Kier alpha value is -1.43. The van der Waals surface area contributed by atoms with E-state index < -0.39 is 48.3 Å². The number of esters is 1. The molecule has 5 atom stereocenters. The van der Waals surface area contributed by atoms with Crippen molar-refractivity contribution >= 4 is 36.6 Å². The molecule has 1 aliphatic heterocycles. The highest BCUT2D eigenvalue weighted by molar-refractivity contribution is 5.85. The first-order valence-electron chi connectivity index (χ1n) is 7.89. The first kappa shape index (κ1) is 25.6. The van der Waals surface area contributed by atoms with Crippen LogP contribution in [0.4, 0.5) is 5.82 Å². The van der Waals surface area contributed by atoms with Gasteiger partial charge in [-0.15, -0.1) is 24.8 Å². The van der Waals surface area contributed by atoms with Crippen LogP contribution in [0, 0.1) is 5.92 Å². The maximum absolute atomic E-state index is 12.2. The highest BCUT2D eigenvalue weighted by atomic mass is 35.5. The molecule has 10 nitrogen and oxygen atoms in total. The summed E-state index contributed by atoms with van der Waals surface area (Å²) in [5, 5.41) is 20.4. The molecule has 0 bridgehead atoms. The summed E-state index contributed by atoms with van der Waals surface area (Å²) >= 11 is 0. The highest BCUT2D eigenvalue weighted by Gasteiger charge is 2.56. The number of nitrogen functional groups attached to an aromatic ring is 1. The second-order valence-electron chi connectivity index (χ2n) is 6.60. The molecule has 1 saturated heterocycles. The van der Waals surface area contributed by atoms with Gasteiger partial charge in [-0.2, -0.15) is 4.98 Å². The van der Waals surface area contributed by atoms with Crippen molar-refractivity contribution in [3.05, 3.63) is 22.7 Å². The number of aromatic nitrogens is 2. The number of rotatable bonds is 5. The van der Waals surface area contributed by atoms with Gasteiger partial charge in [0.05, 0.1) is 6.61 Å². The summed E-state index contributed by atoms with van der Waals surface area (Å²) in [5.74, 6) is -0.888. The van der Waals surface area contributed by atoms with Crippen LogP contribution in [0.5, 0.6) is 0 Å². The number of ether oxygens (including phenoxy) is 2. The van der Waals surface area contributed by atoms with Gasteiger partial charge in [-0.3, -0.25) is 9.36 Å². The number of anilines is 1. The van der Waals surface area contributed by atoms with Crippen LogP contribution in [0.15, 0.2) is 17.1 Å². The maximum Gasteiger partial charge on any atom is 0.351 e. The fourth-order valence-electron chi connectivity index (χ4n) is 2.65. The molecular weight excluding hydrogens is 403 g/mol. The molecule has 27 heavy (non-hydrogen) atoms. The second-order valence-corrected chi connectivity index (χ2v) is 6.60. The topological polar surface area (TPSA) is 163 Å². The zero-order valence-electron chi connectivity index (χ0n) is 15.1. The minimum Gasteiger partial charge on any atom is -0.455 e. The van der Waals surface area contributed by atoms with E-state index in [0.29, 0.717) is 0 Å². The molecular formula is C15H26Cl2N4O6. The third-order valence-electron chi connectivity index (χ3n) is 4.23. The van der Waals surface area contributed by atoms with Crippen molar-refractivity contribution in [1.29, 1.82) is 0 Å². The van der Waals surface area contributed by atoms with Crippen LogP contribution < -0.4 is 17.2 Å². The molecule has 0 amide bonds. The zero-order chi connectivity index (χ0) is 18.9. The maximum atomic E-state index is 12.2. The van der Waals surface area contributed by atoms with E-state index >= 15 is 0 Å². The van der Waals surface area contributed by atoms with Crippen molar-refractivity contribution < 1.29 is 24.5 Å². The summed E-state index contributed by atoms with van der Waals surface area (Å²) in [6, 6.07) is 0.470. The largest absolute Gasteiger partial charge is 0.455 e. The lowest BCUT2D eigenvalue weighted by atomic mass is 9.95. The van der Waals surface area contributed by atoms with Crippen LogP contribution in [0.2, 0.25) is 0 Å². The molecule has 1 aromatic rings. The molecule has 1 aromatic heterocycles. The molecule has 1 aliphatic rings. The molecule has 0 aromatic carbocycles. The van der Waals surface area contributed by atoms with Crippen molar-refractivity contribution in [3.8, 4) is 0 Å². The molecule has 0 aliphatic carbocycles. The van der Waals surface area contributed by atoms with Crippen LogP contribution in [0.3, 0.4) is 0 Å². The predicted molar refractivity (Wildman–Crippen MR) is 102 cm³/mol. The third kappa shape index (κ3) is 5.09. The Balaban J connectivity index is 0.00000338. The van der Waals surface area contributed by atoms with Gasteiger partial charge in [-0.05, 0) is 18.9 Å². The van der Waals surface area contributed by atoms with Gasteiger partial charge >= 0.3 is 11.7 Å². The number of nitrogens with two attached hydrogens (primary N) is 2. The Morgan fingerprint density at radius 1 is 1.48 bits per heavy atom. The highest BCUT2D eigenvalue weighted by Crippen LogP contribution is 2.39. The summed E-state index contributed by atoms with van der Waals surface area (Å²) in [7, 11) is 0. The summed E-state index contributed by atoms with van der Waals surface area (Å²) in [4.78, 5) is 27.8. The number of hydrogen-bond acceptors (Lipinski definition) is 9. The number of carbonyl (C=O) groups excluding carboxylic acids is 1. The van der Waals surface area contributed by atoms with E-state index in [-0.39, 0.29) is 36.5 Å². The van der Waals surface area contributed by atoms with Crippen LogP contribution >= 0.6 is 24.8 Å². The monoisotopic (exact) mass is 428 g/mol. The number of halogens is 2. The van der Waals surface area contributed by atoms with Crippen molar-refractivity contribution in [2.24, 2.45) is 11.7 Å². The van der Waals surface area contributed by atoms with E-state index in [1.54, 1.807) is 13.8 Å². The van der Waals surface area contributed by atoms with Crippen molar-refractivity contribution in [2.45, 2.75) is 50.8 Å². The SMILES string of the molecule is CC(C)[C@H](N)C(=O)O[C@@H]1[C@@H](CO)O[C@@H](n2ccc(N)nc2=O)[C@]1(C)O.Cl.Cl. The normalized spacial score (nSPS) is 28.2. The number of aliphatic hydroxyl groups excluding tert-OH is 1. The fourth-order valence-corrected chi connectivity index (χ4v) is 2.65. The second kappa shape index (κ2) is 9.67. The van der Waals surface area contributed by atoms with E-state index in [1.807, 2.05) is 0 Å². The van der Waals surface area contributed by atoms with Crippen LogP contribution in [-0.4, -0.2) is 56.2 Å². The average molecular weight is 429 g/mol. The van der Waals surface area contributed by atoms with Crippen molar-refractivity contribution in [2.75, 3.05) is 12.3 Å². The minimum absolute atomic E-state index is 0. The van der Waals surface area contributed by atoms with Crippen LogP contribution in [-0.2, 0) is 14.3 Å². The minimum atomic E-state index is -1.80. The van der Waals surface area contributed by atoms with Gasteiger partial charge in [-0.25, -0.2) is 4.79 Å². The molecule has 0 unspecified atom stereocenters. The van der Waals surface area contributed by atoms with Gasteiger partial charge < -0.3 is 31.2 Å². The van der Waals surface area contributed by atoms with Crippen LogP contribution in [0.25, 0.3) is 0 Å². The zero-order valence-corrected chi connectivity index (χ0v) is 16.8. The van der Waals surface area contributed by atoms with Gasteiger partial charge in [0, 0.05) is 6.20 Å². The van der Waals surface area contributed by atoms with Gasteiger partial charge in [0.1, 0.15) is 23.6 Å². The average Bonchev–Trinajstić information content (AvgIpc) is 2.77. The summed E-state index contributed by atoms with van der Waals surface area (Å²) in [6.45, 7) is 4.32. The molecule has 0 saturated carbocycles. The molecule has 12 heteroatoms. The smallest absolute Gasteiger partial charge is 0.351 e. The molecule has 156 valence electrons. The van der Waals surface area contributed by atoms with E-state index in [9.17, 15) is 19.8 Å². The molecule has 2 heterocycles. The number of aliphatic hydroxyl groups is 2. The Morgan fingerprint density at radius 3 is 2.56 bits per heavy atom. The van der Waals surface area contributed by atoms with E-state index in [0.717, 1.165) is 4.57 Å². The molecule has 1 fully saturated rings. The van der Waals surface area contributed by atoms with Gasteiger partial charge in [0.2, 0.25) is 0 Å². The molecule has 2 rings (SSSR count). The third-order valence-corrected chi connectivity index (χ3v) is 4.23. The number of carbonyl (C=O) groups is 1. The quantitative estimate of drug-likeness (QED) is 0.439. The Kier molecular flexibility index (Phi) is 9.16. The van der Waals surface area contributed by atoms with Crippen molar-refractivity contribution in [1.82, 2.24) is 9.55 Å². The predicted octanol–water partition coefficient (Wildman–Crippen LogP) is -0.795. The van der Waals surface area contributed by atoms with Crippen molar-refractivity contribution in [3.63, 3.8) is 0 Å². The lowest BCUT2D eigenvalue weighted by Crippen LogP contribution is -2.51. The summed E-state index contributed by atoms with van der Waals surface area (Å²) < 4.78 is 11.9. The summed E-state index contributed by atoms with van der Waals surface area (Å²) in [5.41, 5.74) is 8.67. The Labute approximate surface area is 168 Å². The van der Waals surface area contributed by atoms with E-state index in [4.69, 9.17) is 20.9 Å². The number of hydrogen-bond donors (Lipinski definition) is 4. The summed E-state index contributed by atoms with van der Waals surface area (Å²) in [6.07, 6.45) is -2.17. The molecule has 0 radical (unpaired) electrons. The first-order valence-corrected chi connectivity index (χ1v) is 7.89. The molecule has 6 N–H and O–H groups in total. The van der Waals surface area contributed by atoms with E-state index in [1.165, 1.54) is 19.2 Å². The number of nitrogens with zero attached hydrogens (tertiary/aromatic N) is 2. The van der Waals surface area contributed by atoms with Gasteiger partial charge in [0.25, 0.3) is 0 Å². The van der Waals surface area contributed by atoms with Crippen LogP contribution in [0.1, 0.15) is 27.0 Å². The lowest BCUT2D eigenvalue weighted by molar-refractivity contribution is -0.166. The lowest BCUT2D eigenvalue weighted by Gasteiger charge is -2.30. The fraction of sp³-hybridized carbons (Fsp3) is 0.667. The standard InChI is InChI=1S/C15H24N4O6.2ClH/c1-7(2)10(17)12(21)25-11-8(6-20)24-13(15(11,3)23)19-5-4-9(16)18-14(19)22;;/h4-5,7-8,10-11,13,20,23H,6,17H2,1-3H3,(H2,16,18,22);2*1H/t8-,10+,11-,13-,15-;;/m1../s1. The molecule has 0 spiro atoms.